The van der Waals surface area contributed by atoms with E-state index in [1.54, 1.807) is 42.5 Å². The molecule has 44 heavy (non-hydrogen) atoms. The molecule has 1 spiro atoms. The second-order valence-corrected chi connectivity index (χ2v) is 11.6. The van der Waals surface area contributed by atoms with E-state index >= 15 is 0 Å². The number of pyridine rings is 1. The van der Waals surface area contributed by atoms with Crippen molar-refractivity contribution in [1.29, 1.82) is 0 Å². The summed E-state index contributed by atoms with van der Waals surface area (Å²) in [4.78, 5) is 44.8. The minimum Gasteiger partial charge on any atom is -1.00 e. The minimum atomic E-state index is -1.36. The molecule has 1 saturated carbocycles. The van der Waals surface area contributed by atoms with E-state index in [0.717, 1.165) is 35.4 Å². The molecular weight excluding hydrogens is 574 g/mol. The fraction of sp³-hybridized carbons (Fsp3) is 0.294. The van der Waals surface area contributed by atoms with E-state index in [1.807, 2.05) is 12.1 Å². The molecule has 7 rings (SSSR count). The molecule has 3 heterocycles. The molecule has 1 N–H and O–H groups in total. The van der Waals surface area contributed by atoms with Crippen LogP contribution in [0.4, 0.5) is 4.39 Å². The normalized spacial score (nSPS) is 17.0. The molecular formula is C34H30FN2NaO6. The maximum atomic E-state index is 13.9. The molecule has 1 aromatic heterocycles. The summed E-state index contributed by atoms with van der Waals surface area (Å²) in [5, 5.41) is 11.2. The number of Topliss-reactive ketones (excluding diaryl/α,β-unsaturated/α-hetero) is 1. The first-order valence-corrected chi connectivity index (χ1v) is 14.4. The Kier molecular flexibility index (Phi) is 7.98. The van der Waals surface area contributed by atoms with Crippen molar-refractivity contribution in [3.8, 4) is 22.6 Å². The topological polar surface area (TPSA) is 106 Å². The quantitative estimate of drug-likeness (QED) is 0.348. The number of aromatic nitrogens is 1. The first-order chi connectivity index (χ1) is 20.7. The van der Waals surface area contributed by atoms with Gasteiger partial charge in [0.2, 0.25) is 0 Å². The van der Waals surface area contributed by atoms with Crippen molar-refractivity contribution in [3.63, 3.8) is 0 Å². The summed E-state index contributed by atoms with van der Waals surface area (Å²) >= 11 is 0. The third-order valence-electron chi connectivity index (χ3n) is 8.88. The van der Waals surface area contributed by atoms with E-state index in [0.29, 0.717) is 65.6 Å². The van der Waals surface area contributed by atoms with Crippen LogP contribution >= 0.6 is 0 Å². The molecule has 1 amide bonds. The van der Waals surface area contributed by atoms with Gasteiger partial charge in [-0.05, 0) is 66.4 Å². The Morgan fingerprint density at radius 2 is 1.77 bits per heavy atom. The predicted octanol–water partition coefficient (Wildman–Crippen LogP) is 3.38. The van der Waals surface area contributed by atoms with Crippen LogP contribution in [0.5, 0.6) is 11.5 Å². The number of carboxylic acids is 1. The number of methoxy groups -OCH3 is 1. The first kappa shape index (κ1) is 30.2. The van der Waals surface area contributed by atoms with Gasteiger partial charge in [-0.15, -0.1) is 0 Å². The number of ether oxygens (including phenoxy) is 2. The number of halogens is 1. The van der Waals surface area contributed by atoms with Gasteiger partial charge in [0.05, 0.1) is 30.4 Å². The van der Waals surface area contributed by atoms with Gasteiger partial charge in [-0.25, -0.2) is 9.18 Å². The zero-order valence-corrected chi connectivity index (χ0v) is 26.6. The van der Waals surface area contributed by atoms with Gasteiger partial charge in [0.25, 0.3) is 5.91 Å². The summed E-state index contributed by atoms with van der Waals surface area (Å²) in [5.74, 6) is -0.819. The average Bonchev–Trinajstić information content (AvgIpc) is 3.86. The van der Waals surface area contributed by atoms with Gasteiger partial charge in [0, 0.05) is 54.4 Å². The van der Waals surface area contributed by atoms with Crippen LogP contribution in [0, 0.1) is 5.82 Å². The smallest absolute Gasteiger partial charge is 1.00 e. The van der Waals surface area contributed by atoms with Gasteiger partial charge >= 0.3 is 35.5 Å². The zero-order chi connectivity index (χ0) is 29.9. The fourth-order valence-electron chi connectivity index (χ4n) is 6.37. The molecule has 1 saturated heterocycles. The van der Waals surface area contributed by atoms with Crippen molar-refractivity contribution in [2.45, 2.75) is 43.6 Å². The molecule has 3 aliphatic rings. The Bertz CT molecular complexity index is 1840. The second-order valence-electron chi connectivity index (χ2n) is 11.6. The number of aromatic carboxylic acids is 1. The van der Waals surface area contributed by atoms with Crippen molar-refractivity contribution in [2.75, 3.05) is 20.2 Å². The standard InChI is InChI=1S/C34H29FN2O6.Na.H/c1-42-30-17-22(16-24-23(30)8-11-36-31(24)19-2-3-19)32(39)37-12-9-34(10-13-37)18-28(38)26-15-21(5-7-29(26)43-34)20-4-6-27(35)25(14-20)33(40)41;;/h4-8,11,14-17,19H,2-3,9-10,12-13,18H2,1H3,(H,40,41);;/q;+1;-1. The van der Waals surface area contributed by atoms with Crippen LogP contribution < -0.4 is 39.0 Å². The van der Waals surface area contributed by atoms with E-state index < -0.39 is 23.0 Å². The van der Waals surface area contributed by atoms with Crippen LogP contribution in [0.3, 0.4) is 0 Å². The molecule has 2 fully saturated rings. The number of fused-ring (bicyclic) bond motifs is 2. The van der Waals surface area contributed by atoms with Crippen molar-refractivity contribution < 1.29 is 64.3 Å². The van der Waals surface area contributed by atoms with Crippen LogP contribution in [0.2, 0.25) is 0 Å². The average molecular weight is 605 g/mol. The Balaban J connectivity index is 0.00000200. The number of likely N-dealkylation sites (tertiary alicyclic amines) is 1. The number of rotatable bonds is 5. The van der Waals surface area contributed by atoms with Crippen molar-refractivity contribution >= 4 is 28.4 Å². The summed E-state index contributed by atoms with van der Waals surface area (Å²) in [6.45, 7) is 0.881. The van der Waals surface area contributed by atoms with Gasteiger partial charge < -0.3 is 20.9 Å². The Morgan fingerprint density at radius 1 is 1.05 bits per heavy atom. The summed E-state index contributed by atoms with van der Waals surface area (Å²) in [6, 6.07) is 14.6. The van der Waals surface area contributed by atoms with Crippen LogP contribution in [0.25, 0.3) is 21.9 Å². The number of carboxylic acid groups (broad SMARTS) is 1. The summed E-state index contributed by atoms with van der Waals surface area (Å²) < 4.78 is 26.0. The molecule has 0 atom stereocenters. The van der Waals surface area contributed by atoms with Crippen LogP contribution in [-0.2, 0) is 0 Å². The second kappa shape index (κ2) is 11.6. The summed E-state index contributed by atoms with van der Waals surface area (Å²) in [5.41, 5.74) is 1.93. The largest absolute Gasteiger partial charge is 1.00 e. The monoisotopic (exact) mass is 604 g/mol. The minimum absolute atomic E-state index is 0. The predicted molar refractivity (Wildman–Crippen MR) is 158 cm³/mol. The van der Waals surface area contributed by atoms with Crippen LogP contribution in [0.1, 0.15) is 76.2 Å². The van der Waals surface area contributed by atoms with Crippen LogP contribution in [0.15, 0.2) is 60.8 Å². The molecule has 10 heteroatoms. The number of benzene rings is 3. The molecule has 4 aromatic rings. The zero-order valence-electron chi connectivity index (χ0n) is 25.6. The number of carbonyl (C=O) groups excluding carboxylic acids is 2. The van der Waals surface area contributed by atoms with E-state index in [1.165, 1.54) is 12.1 Å². The van der Waals surface area contributed by atoms with Gasteiger partial charge in [-0.1, -0.05) is 12.1 Å². The van der Waals surface area contributed by atoms with Crippen molar-refractivity contribution in [2.24, 2.45) is 0 Å². The van der Waals surface area contributed by atoms with Gasteiger partial charge in [-0.2, -0.15) is 0 Å². The Labute approximate surface area is 277 Å². The Morgan fingerprint density at radius 3 is 2.48 bits per heavy atom. The number of amides is 1. The molecule has 0 radical (unpaired) electrons. The van der Waals surface area contributed by atoms with Gasteiger partial charge in [-0.3, -0.25) is 14.6 Å². The molecule has 3 aromatic carbocycles. The number of hydrogen-bond acceptors (Lipinski definition) is 6. The number of hydrogen-bond donors (Lipinski definition) is 1. The SMILES string of the molecule is COc1cc(C(=O)N2CCC3(CC2)CC(=O)c2cc(-c4ccc(F)c(C(=O)O)c4)ccc2O3)cc2c(C3CC3)nccc12.[H-].[Na+]. The molecule has 0 bridgehead atoms. The molecule has 0 unspecified atom stereocenters. The van der Waals surface area contributed by atoms with Gasteiger partial charge in [0.1, 0.15) is 22.9 Å². The number of ketones is 1. The first-order valence-electron chi connectivity index (χ1n) is 14.4. The number of nitrogens with zero attached hydrogens (tertiary/aromatic N) is 2. The summed E-state index contributed by atoms with van der Waals surface area (Å²) in [6.07, 6.45) is 5.18. The van der Waals surface area contributed by atoms with Crippen molar-refractivity contribution in [1.82, 2.24) is 9.88 Å². The number of carbonyl (C=O) groups is 3. The van der Waals surface area contributed by atoms with Gasteiger partial charge in [0.15, 0.2) is 5.78 Å². The van der Waals surface area contributed by atoms with E-state index in [2.05, 4.69) is 4.98 Å². The fourth-order valence-corrected chi connectivity index (χ4v) is 6.37. The van der Waals surface area contributed by atoms with E-state index in [4.69, 9.17) is 9.47 Å². The van der Waals surface area contributed by atoms with Crippen molar-refractivity contribution in [3.05, 3.63) is 89.0 Å². The maximum Gasteiger partial charge on any atom is 1.00 e. The summed E-state index contributed by atoms with van der Waals surface area (Å²) in [7, 11) is 1.61. The number of piperidine rings is 1. The molecule has 220 valence electrons. The Hall–Kier alpha value is -3.79. The maximum absolute atomic E-state index is 13.9. The molecule has 1 aliphatic carbocycles. The molecule has 8 nitrogen and oxygen atoms in total. The van der Waals surface area contributed by atoms with E-state index in [9.17, 15) is 23.9 Å². The third-order valence-corrected chi connectivity index (χ3v) is 8.88. The third kappa shape index (κ3) is 5.38. The van der Waals surface area contributed by atoms with E-state index in [-0.39, 0.29) is 49.1 Å². The van der Waals surface area contributed by atoms with Crippen LogP contribution in [-0.4, -0.2) is 58.5 Å². The molecule has 2 aliphatic heterocycles.